The minimum atomic E-state index is -0.366. The van der Waals surface area contributed by atoms with Crippen molar-refractivity contribution in [2.45, 2.75) is 18.9 Å². The molecule has 1 unspecified atom stereocenters. The number of hydrogen-bond donors (Lipinski definition) is 0. The number of hydrogen-bond acceptors (Lipinski definition) is 2. The molecule has 1 aromatic carbocycles. The summed E-state index contributed by atoms with van der Waals surface area (Å²) in [6, 6.07) is 4.21. The van der Waals surface area contributed by atoms with Gasteiger partial charge in [-0.3, -0.25) is 4.90 Å². The Morgan fingerprint density at radius 1 is 1.12 bits per heavy atom. The molecule has 17 heavy (non-hydrogen) atoms. The number of benzene rings is 1. The molecule has 4 heteroatoms. The van der Waals surface area contributed by atoms with E-state index in [2.05, 4.69) is 4.90 Å². The molecule has 2 fully saturated rings. The first-order valence-electron chi connectivity index (χ1n) is 6.18. The van der Waals surface area contributed by atoms with Gasteiger partial charge in [0.15, 0.2) is 0 Å². The van der Waals surface area contributed by atoms with E-state index < -0.39 is 0 Å². The van der Waals surface area contributed by atoms with Crippen molar-refractivity contribution < 1.29 is 8.78 Å². The monoisotopic (exact) mass is 238 g/mol. The van der Waals surface area contributed by atoms with Crippen LogP contribution in [0.3, 0.4) is 0 Å². The predicted octanol–water partition coefficient (Wildman–Crippen LogP) is 2.25. The Labute approximate surface area is 99.8 Å². The van der Waals surface area contributed by atoms with Crippen molar-refractivity contribution in [3.8, 4) is 0 Å². The lowest BCUT2D eigenvalue weighted by atomic mass is 10.1. The van der Waals surface area contributed by atoms with Gasteiger partial charge in [-0.1, -0.05) is 0 Å². The smallest absolute Gasteiger partial charge is 0.146 e. The van der Waals surface area contributed by atoms with E-state index in [1.807, 2.05) is 4.90 Å². The number of nitrogens with zero attached hydrogens (tertiary/aromatic N) is 2. The maximum Gasteiger partial charge on any atom is 0.146 e. The summed E-state index contributed by atoms with van der Waals surface area (Å²) >= 11 is 0. The zero-order valence-corrected chi connectivity index (χ0v) is 9.70. The topological polar surface area (TPSA) is 6.48 Å². The van der Waals surface area contributed by atoms with Crippen molar-refractivity contribution in [2.24, 2.45) is 0 Å². The normalized spacial score (nSPS) is 25.1. The van der Waals surface area contributed by atoms with Gasteiger partial charge in [-0.2, -0.15) is 0 Å². The molecule has 0 radical (unpaired) electrons. The summed E-state index contributed by atoms with van der Waals surface area (Å²) in [5.41, 5.74) is 0.413. The molecule has 92 valence electrons. The Kier molecular flexibility index (Phi) is 2.74. The van der Waals surface area contributed by atoms with E-state index in [4.69, 9.17) is 0 Å². The van der Waals surface area contributed by atoms with Crippen molar-refractivity contribution in [1.29, 1.82) is 0 Å². The fourth-order valence-corrected chi connectivity index (χ4v) is 2.94. The van der Waals surface area contributed by atoms with Crippen LogP contribution in [0.2, 0.25) is 0 Å². The van der Waals surface area contributed by atoms with Gasteiger partial charge in [-0.15, -0.1) is 0 Å². The van der Waals surface area contributed by atoms with Crippen molar-refractivity contribution >= 4 is 5.69 Å². The van der Waals surface area contributed by atoms with Gasteiger partial charge in [0.05, 0.1) is 5.69 Å². The lowest BCUT2D eigenvalue weighted by Crippen LogP contribution is -2.50. The summed E-state index contributed by atoms with van der Waals surface area (Å²) in [7, 11) is 0. The average molecular weight is 238 g/mol. The second-order valence-electron chi connectivity index (χ2n) is 4.87. The Hall–Kier alpha value is -1.16. The molecule has 0 aromatic heterocycles. The largest absolute Gasteiger partial charge is 0.366 e. The third kappa shape index (κ3) is 2.02. The van der Waals surface area contributed by atoms with Crippen LogP contribution in [0.25, 0.3) is 0 Å². The highest BCUT2D eigenvalue weighted by Gasteiger charge is 2.31. The SMILES string of the molecule is Fc1ccc(F)c(N2CCN3CCCC3C2)c1. The molecule has 2 aliphatic rings. The van der Waals surface area contributed by atoms with Crippen molar-refractivity contribution in [3.05, 3.63) is 29.8 Å². The number of halogens is 2. The molecule has 2 heterocycles. The van der Waals surface area contributed by atoms with Gasteiger partial charge < -0.3 is 4.90 Å². The molecule has 0 spiro atoms. The standard InChI is InChI=1S/C13H16F2N2/c14-10-3-4-12(15)13(8-10)17-7-6-16-5-1-2-11(16)9-17/h3-4,8,11H,1-2,5-7,9H2. The van der Waals surface area contributed by atoms with Gasteiger partial charge in [-0.05, 0) is 31.5 Å². The maximum absolute atomic E-state index is 13.7. The molecular weight excluding hydrogens is 222 g/mol. The predicted molar refractivity (Wildman–Crippen MR) is 63.2 cm³/mol. The van der Waals surface area contributed by atoms with Crippen LogP contribution in [-0.4, -0.2) is 37.1 Å². The van der Waals surface area contributed by atoms with E-state index in [0.717, 1.165) is 26.2 Å². The first kappa shape index (κ1) is 11.0. The van der Waals surface area contributed by atoms with E-state index in [1.165, 1.54) is 31.0 Å². The van der Waals surface area contributed by atoms with Gasteiger partial charge in [0.25, 0.3) is 0 Å². The van der Waals surface area contributed by atoms with Gasteiger partial charge >= 0.3 is 0 Å². The zero-order valence-electron chi connectivity index (χ0n) is 9.70. The van der Waals surface area contributed by atoms with Gasteiger partial charge in [0.2, 0.25) is 0 Å². The van der Waals surface area contributed by atoms with Crippen LogP contribution in [0.5, 0.6) is 0 Å². The van der Waals surface area contributed by atoms with E-state index in [0.29, 0.717) is 11.7 Å². The van der Waals surface area contributed by atoms with Crippen LogP contribution in [-0.2, 0) is 0 Å². The summed E-state index contributed by atoms with van der Waals surface area (Å²) in [5, 5.41) is 0. The summed E-state index contributed by atoms with van der Waals surface area (Å²) in [4.78, 5) is 4.43. The maximum atomic E-state index is 13.7. The molecule has 0 N–H and O–H groups in total. The highest BCUT2D eigenvalue weighted by atomic mass is 19.1. The van der Waals surface area contributed by atoms with Gasteiger partial charge in [0.1, 0.15) is 11.6 Å². The summed E-state index contributed by atoms with van der Waals surface area (Å²) in [5.74, 6) is -0.687. The van der Waals surface area contributed by atoms with Crippen LogP contribution in [0, 0.1) is 11.6 Å². The molecule has 2 nitrogen and oxygen atoms in total. The van der Waals surface area contributed by atoms with Gasteiger partial charge in [-0.25, -0.2) is 8.78 Å². The lowest BCUT2D eigenvalue weighted by molar-refractivity contribution is 0.230. The minimum Gasteiger partial charge on any atom is -0.366 e. The van der Waals surface area contributed by atoms with Crippen LogP contribution < -0.4 is 4.90 Å². The minimum absolute atomic E-state index is 0.321. The molecule has 1 atom stereocenters. The molecule has 0 saturated carbocycles. The first-order valence-corrected chi connectivity index (χ1v) is 6.18. The highest BCUT2D eigenvalue weighted by molar-refractivity contribution is 5.48. The first-order chi connectivity index (χ1) is 8.24. The second-order valence-corrected chi connectivity index (χ2v) is 4.87. The third-order valence-electron chi connectivity index (χ3n) is 3.84. The Morgan fingerprint density at radius 3 is 2.88 bits per heavy atom. The quantitative estimate of drug-likeness (QED) is 0.740. The molecule has 2 aliphatic heterocycles. The fourth-order valence-electron chi connectivity index (χ4n) is 2.94. The fraction of sp³-hybridized carbons (Fsp3) is 0.538. The molecular formula is C13H16F2N2. The highest BCUT2D eigenvalue weighted by Crippen LogP contribution is 2.27. The van der Waals surface area contributed by atoms with Crippen LogP contribution in [0.15, 0.2) is 18.2 Å². The zero-order chi connectivity index (χ0) is 11.8. The third-order valence-corrected chi connectivity index (χ3v) is 3.84. The van der Waals surface area contributed by atoms with E-state index >= 15 is 0 Å². The van der Waals surface area contributed by atoms with E-state index in [9.17, 15) is 8.78 Å². The molecule has 3 rings (SSSR count). The summed E-state index contributed by atoms with van der Waals surface area (Å²) in [6.45, 7) is 3.72. The molecule has 1 aromatic rings. The Morgan fingerprint density at radius 2 is 2.00 bits per heavy atom. The van der Waals surface area contributed by atoms with E-state index in [1.54, 1.807) is 0 Å². The van der Waals surface area contributed by atoms with Crippen molar-refractivity contribution in [2.75, 3.05) is 31.1 Å². The molecule has 0 bridgehead atoms. The summed E-state index contributed by atoms with van der Waals surface area (Å²) < 4.78 is 26.8. The number of anilines is 1. The number of piperazine rings is 1. The number of rotatable bonds is 1. The molecule has 0 aliphatic carbocycles. The Bertz CT molecular complexity index is 422. The van der Waals surface area contributed by atoms with Crippen LogP contribution >= 0.6 is 0 Å². The van der Waals surface area contributed by atoms with E-state index in [-0.39, 0.29) is 11.6 Å². The van der Waals surface area contributed by atoms with Crippen LogP contribution in [0.4, 0.5) is 14.5 Å². The van der Waals surface area contributed by atoms with Gasteiger partial charge in [0, 0.05) is 31.7 Å². The average Bonchev–Trinajstić information content (AvgIpc) is 2.79. The second kappa shape index (κ2) is 4.26. The Balaban J connectivity index is 1.82. The lowest BCUT2D eigenvalue weighted by Gasteiger charge is -2.38. The molecule has 0 amide bonds. The van der Waals surface area contributed by atoms with Crippen molar-refractivity contribution in [1.82, 2.24) is 4.90 Å². The van der Waals surface area contributed by atoms with Crippen molar-refractivity contribution in [3.63, 3.8) is 0 Å². The summed E-state index contributed by atoms with van der Waals surface area (Å²) in [6.07, 6.45) is 2.40. The van der Waals surface area contributed by atoms with Crippen LogP contribution in [0.1, 0.15) is 12.8 Å². The molecule has 2 saturated heterocycles. The number of fused-ring (bicyclic) bond motifs is 1.